The first kappa shape index (κ1) is 62.1. The van der Waals surface area contributed by atoms with Crippen LogP contribution in [-0.4, -0.2) is 37.2 Å². The number of rotatable bonds is 53. The zero-order valence-corrected chi connectivity index (χ0v) is 43.3. The number of esters is 3. The molecule has 0 aromatic rings. The zero-order chi connectivity index (χ0) is 46.5. The van der Waals surface area contributed by atoms with Crippen molar-refractivity contribution in [3.8, 4) is 0 Å². The topological polar surface area (TPSA) is 78.9 Å². The van der Waals surface area contributed by atoms with Crippen LogP contribution in [0.3, 0.4) is 0 Å². The van der Waals surface area contributed by atoms with E-state index in [1.54, 1.807) is 0 Å². The van der Waals surface area contributed by atoms with Crippen molar-refractivity contribution in [2.45, 2.75) is 329 Å². The Morgan fingerprint density at radius 3 is 0.781 bits per heavy atom. The van der Waals surface area contributed by atoms with Gasteiger partial charge in [0.25, 0.3) is 0 Å². The van der Waals surface area contributed by atoms with Crippen LogP contribution in [-0.2, 0) is 28.6 Å². The molecule has 0 saturated carbocycles. The maximum absolute atomic E-state index is 12.8. The minimum atomic E-state index is -0.767. The van der Waals surface area contributed by atoms with Crippen LogP contribution in [0.1, 0.15) is 323 Å². The summed E-state index contributed by atoms with van der Waals surface area (Å²) in [7, 11) is 0. The van der Waals surface area contributed by atoms with Gasteiger partial charge in [-0.15, -0.1) is 0 Å². The molecule has 0 aromatic carbocycles. The van der Waals surface area contributed by atoms with E-state index >= 15 is 0 Å². The molecule has 0 fully saturated rings. The maximum Gasteiger partial charge on any atom is 0.306 e. The fourth-order valence-electron chi connectivity index (χ4n) is 8.68. The molecule has 0 aliphatic heterocycles. The van der Waals surface area contributed by atoms with Crippen molar-refractivity contribution in [2.24, 2.45) is 0 Å². The number of hydrogen-bond acceptors (Lipinski definition) is 6. The second kappa shape index (κ2) is 53.8. The second-order valence-electron chi connectivity index (χ2n) is 19.6. The third-order valence-electron chi connectivity index (χ3n) is 13.0. The largest absolute Gasteiger partial charge is 0.462 e. The van der Waals surface area contributed by atoms with Gasteiger partial charge in [-0.05, 0) is 44.9 Å². The van der Waals surface area contributed by atoms with Crippen molar-refractivity contribution >= 4 is 17.9 Å². The lowest BCUT2D eigenvalue weighted by Crippen LogP contribution is -2.30. The van der Waals surface area contributed by atoms with Crippen molar-refractivity contribution in [1.82, 2.24) is 0 Å². The van der Waals surface area contributed by atoms with Crippen LogP contribution in [0.25, 0.3) is 0 Å². The van der Waals surface area contributed by atoms with E-state index in [0.29, 0.717) is 19.3 Å². The van der Waals surface area contributed by atoms with Gasteiger partial charge in [-0.25, -0.2) is 0 Å². The van der Waals surface area contributed by atoms with Crippen LogP contribution in [0.5, 0.6) is 0 Å². The molecule has 6 heteroatoms. The summed E-state index contributed by atoms with van der Waals surface area (Å²) >= 11 is 0. The molecule has 0 N–H and O–H groups in total. The lowest BCUT2D eigenvalue weighted by atomic mass is 10.0. The first-order chi connectivity index (χ1) is 31.5. The summed E-state index contributed by atoms with van der Waals surface area (Å²) in [5.74, 6) is -0.851. The quantitative estimate of drug-likeness (QED) is 0.0262. The van der Waals surface area contributed by atoms with Crippen molar-refractivity contribution in [1.29, 1.82) is 0 Å². The summed E-state index contributed by atoms with van der Waals surface area (Å²) in [5, 5.41) is 0. The van der Waals surface area contributed by atoms with E-state index in [1.165, 1.54) is 218 Å². The second-order valence-corrected chi connectivity index (χ2v) is 19.6. The summed E-state index contributed by atoms with van der Waals surface area (Å²) in [4.78, 5) is 38.1. The highest BCUT2D eigenvalue weighted by molar-refractivity contribution is 5.71. The number of hydrogen-bond donors (Lipinski definition) is 0. The number of ether oxygens (including phenoxy) is 3. The molecule has 0 bridgehead atoms. The van der Waals surface area contributed by atoms with Gasteiger partial charge in [0.05, 0.1) is 0 Å². The van der Waals surface area contributed by atoms with Crippen molar-refractivity contribution in [3.05, 3.63) is 12.2 Å². The molecular formula is C58H110O6. The monoisotopic (exact) mass is 903 g/mol. The molecule has 0 saturated heterocycles. The number of allylic oxidation sites excluding steroid dienone is 2. The average molecular weight is 904 g/mol. The van der Waals surface area contributed by atoms with Gasteiger partial charge in [0, 0.05) is 19.3 Å². The Morgan fingerprint density at radius 2 is 0.516 bits per heavy atom. The highest BCUT2D eigenvalue weighted by Crippen LogP contribution is 2.17. The van der Waals surface area contributed by atoms with E-state index in [4.69, 9.17) is 14.2 Å². The molecule has 0 aromatic heterocycles. The van der Waals surface area contributed by atoms with Crippen LogP contribution in [0, 0.1) is 0 Å². The summed E-state index contributed by atoms with van der Waals surface area (Å²) in [6, 6.07) is 0. The third-order valence-corrected chi connectivity index (χ3v) is 13.0. The Labute approximate surface area is 399 Å². The van der Waals surface area contributed by atoms with Crippen LogP contribution in [0.4, 0.5) is 0 Å². The zero-order valence-electron chi connectivity index (χ0n) is 43.3. The van der Waals surface area contributed by atoms with Crippen LogP contribution >= 0.6 is 0 Å². The lowest BCUT2D eigenvalue weighted by Gasteiger charge is -2.18. The van der Waals surface area contributed by atoms with Gasteiger partial charge in [-0.1, -0.05) is 270 Å². The Bertz CT molecular complexity index is 993. The Balaban J connectivity index is 4.32. The van der Waals surface area contributed by atoms with E-state index in [1.807, 2.05) is 0 Å². The van der Waals surface area contributed by atoms with Crippen molar-refractivity contribution < 1.29 is 28.6 Å². The van der Waals surface area contributed by atoms with E-state index in [0.717, 1.165) is 64.2 Å². The van der Waals surface area contributed by atoms with Gasteiger partial charge < -0.3 is 14.2 Å². The fourth-order valence-corrected chi connectivity index (χ4v) is 8.68. The average Bonchev–Trinajstić information content (AvgIpc) is 3.29. The molecule has 0 aliphatic carbocycles. The Kier molecular flexibility index (Phi) is 52.2. The van der Waals surface area contributed by atoms with Crippen molar-refractivity contribution in [3.63, 3.8) is 0 Å². The standard InChI is InChI=1S/C58H110O6/c1-4-7-10-13-16-19-22-25-28-30-33-36-39-42-45-48-51-57(60)63-54-55(53-62-56(59)50-47-44-41-38-35-32-27-24-21-18-15-12-9-6-3)64-58(61)52-49-46-43-40-37-34-31-29-26-23-20-17-14-11-8-5-2/h24,27,55H,4-23,25-26,28-54H2,1-3H3/b27-24-/t55-/m1/s1. The van der Waals surface area contributed by atoms with Gasteiger partial charge in [0.15, 0.2) is 6.10 Å². The molecule has 64 heavy (non-hydrogen) atoms. The lowest BCUT2D eigenvalue weighted by molar-refractivity contribution is -0.167. The highest BCUT2D eigenvalue weighted by atomic mass is 16.6. The SMILES string of the molecule is CCCCCCC/C=C\CCCCCCCC(=O)OC[C@H](COC(=O)CCCCCCCCCCCCCCCCCC)OC(=O)CCCCCCCCCCCCCCCCCC. The maximum atomic E-state index is 12.8. The van der Waals surface area contributed by atoms with Gasteiger partial charge >= 0.3 is 17.9 Å². The predicted molar refractivity (Wildman–Crippen MR) is 275 cm³/mol. The molecule has 1 atom stereocenters. The first-order valence-corrected chi connectivity index (χ1v) is 28.7. The molecular weight excluding hydrogens is 793 g/mol. The summed E-state index contributed by atoms with van der Waals surface area (Å²) < 4.78 is 16.9. The third kappa shape index (κ3) is 51.1. The molecule has 0 radical (unpaired) electrons. The number of carbonyl (C=O) groups is 3. The minimum absolute atomic E-state index is 0.0665. The van der Waals surface area contributed by atoms with Crippen LogP contribution in [0.2, 0.25) is 0 Å². The fraction of sp³-hybridized carbons (Fsp3) is 0.914. The van der Waals surface area contributed by atoms with E-state index in [2.05, 4.69) is 32.9 Å². The summed E-state index contributed by atoms with van der Waals surface area (Å²) in [6.07, 6.45) is 60.5. The highest BCUT2D eigenvalue weighted by Gasteiger charge is 2.19. The first-order valence-electron chi connectivity index (χ1n) is 28.7. The molecule has 0 spiro atoms. The summed E-state index contributed by atoms with van der Waals surface area (Å²) in [6.45, 7) is 6.68. The Hall–Kier alpha value is -1.85. The molecule has 378 valence electrons. The van der Waals surface area contributed by atoms with Crippen LogP contribution < -0.4 is 0 Å². The minimum Gasteiger partial charge on any atom is -0.462 e. The molecule has 6 nitrogen and oxygen atoms in total. The smallest absolute Gasteiger partial charge is 0.306 e. The van der Waals surface area contributed by atoms with Gasteiger partial charge in [-0.2, -0.15) is 0 Å². The van der Waals surface area contributed by atoms with E-state index in [9.17, 15) is 14.4 Å². The molecule has 0 rings (SSSR count). The number of unbranched alkanes of at least 4 members (excludes halogenated alkanes) is 40. The molecule has 0 heterocycles. The normalized spacial score (nSPS) is 12.0. The van der Waals surface area contributed by atoms with E-state index in [-0.39, 0.29) is 31.1 Å². The van der Waals surface area contributed by atoms with Gasteiger partial charge in [-0.3, -0.25) is 14.4 Å². The molecule has 0 aliphatic rings. The summed E-state index contributed by atoms with van der Waals surface area (Å²) in [5.41, 5.74) is 0. The Morgan fingerprint density at radius 1 is 0.297 bits per heavy atom. The van der Waals surface area contributed by atoms with E-state index < -0.39 is 6.10 Å². The number of carbonyl (C=O) groups excluding carboxylic acids is 3. The van der Waals surface area contributed by atoms with Gasteiger partial charge in [0.2, 0.25) is 0 Å². The van der Waals surface area contributed by atoms with Crippen molar-refractivity contribution in [2.75, 3.05) is 13.2 Å². The predicted octanol–water partition coefficient (Wildman–Crippen LogP) is 18.9. The van der Waals surface area contributed by atoms with Gasteiger partial charge in [0.1, 0.15) is 13.2 Å². The molecule has 0 amide bonds. The van der Waals surface area contributed by atoms with Crippen LogP contribution in [0.15, 0.2) is 12.2 Å². The molecule has 0 unspecified atom stereocenters.